The maximum Gasteiger partial charge on any atom is 0.309 e. The first kappa shape index (κ1) is 12.9. The molecule has 3 rings (SSSR count). The van der Waals surface area contributed by atoms with E-state index < -0.39 is 12.2 Å². The van der Waals surface area contributed by atoms with Crippen molar-refractivity contribution in [1.29, 1.82) is 0 Å². The van der Waals surface area contributed by atoms with Gasteiger partial charge >= 0.3 is 5.97 Å². The highest BCUT2D eigenvalue weighted by Crippen LogP contribution is 2.50. The number of rotatable bonds is 0. The van der Waals surface area contributed by atoms with Gasteiger partial charge in [-0.05, 0) is 13.3 Å². The maximum absolute atomic E-state index is 11.8. The van der Waals surface area contributed by atoms with Crippen molar-refractivity contribution in [2.24, 2.45) is 23.7 Å². The lowest BCUT2D eigenvalue weighted by atomic mass is 9.78. The molecule has 4 heteroatoms. The Bertz CT molecular complexity index is 467. The van der Waals surface area contributed by atoms with E-state index in [0.29, 0.717) is 6.42 Å². The number of fused-ring (bicyclic) bond motifs is 3. The Hall–Kier alpha value is -1.13. The molecule has 0 spiro atoms. The van der Waals surface area contributed by atoms with Crippen molar-refractivity contribution >= 4 is 5.97 Å². The van der Waals surface area contributed by atoms with Crippen LogP contribution in [-0.2, 0) is 9.53 Å². The smallest absolute Gasteiger partial charge is 0.309 e. The third kappa shape index (κ3) is 1.70. The van der Waals surface area contributed by atoms with Crippen LogP contribution in [0.5, 0.6) is 0 Å². The zero-order valence-corrected chi connectivity index (χ0v) is 11.2. The van der Waals surface area contributed by atoms with Gasteiger partial charge in [-0.1, -0.05) is 30.7 Å². The average molecular weight is 264 g/mol. The van der Waals surface area contributed by atoms with Gasteiger partial charge in [-0.25, -0.2) is 0 Å². The number of hydrogen-bond donors (Lipinski definition) is 2. The standard InChI is InChI=1S/C15H20O4/c1-6-4-10(17)13-8(3)15(18)19-14(13)12-7(2)5-9(16)11(6)12/h5,8-14,16-17H,1,4H2,2-3H3/t8-,9-,10-,11+,12-,13+,14+/m0/s1. The van der Waals surface area contributed by atoms with Gasteiger partial charge in [0.2, 0.25) is 0 Å². The van der Waals surface area contributed by atoms with Gasteiger partial charge in [-0.2, -0.15) is 0 Å². The fourth-order valence-electron chi connectivity index (χ4n) is 4.11. The van der Waals surface area contributed by atoms with Gasteiger partial charge in [0.05, 0.1) is 18.1 Å². The summed E-state index contributed by atoms with van der Waals surface area (Å²) in [5, 5.41) is 20.5. The van der Waals surface area contributed by atoms with Crippen molar-refractivity contribution in [2.45, 2.75) is 38.6 Å². The number of carbonyl (C=O) groups excluding carboxylic acids is 1. The molecule has 0 radical (unpaired) electrons. The lowest BCUT2D eigenvalue weighted by Gasteiger charge is -2.29. The van der Waals surface area contributed by atoms with Crippen LogP contribution in [0.15, 0.2) is 23.8 Å². The Morgan fingerprint density at radius 3 is 2.74 bits per heavy atom. The molecule has 0 unspecified atom stereocenters. The summed E-state index contributed by atoms with van der Waals surface area (Å²) in [5.74, 6) is -0.916. The minimum Gasteiger partial charge on any atom is -0.461 e. The van der Waals surface area contributed by atoms with Gasteiger partial charge in [0.15, 0.2) is 0 Å². The van der Waals surface area contributed by atoms with Crippen molar-refractivity contribution < 1.29 is 19.7 Å². The minimum atomic E-state index is -0.621. The summed E-state index contributed by atoms with van der Waals surface area (Å²) in [5.41, 5.74) is 1.89. The van der Waals surface area contributed by atoms with Crippen LogP contribution in [0.4, 0.5) is 0 Å². The summed E-state index contributed by atoms with van der Waals surface area (Å²) in [6.45, 7) is 7.79. The van der Waals surface area contributed by atoms with Crippen LogP contribution in [-0.4, -0.2) is 34.5 Å². The zero-order valence-electron chi connectivity index (χ0n) is 11.2. The summed E-state index contributed by atoms with van der Waals surface area (Å²) in [7, 11) is 0. The normalized spacial score (nSPS) is 49.3. The van der Waals surface area contributed by atoms with Crippen molar-refractivity contribution in [3.8, 4) is 0 Å². The highest BCUT2D eigenvalue weighted by atomic mass is 16.6. The molecule has 4 nitrogen and oxygen atoms in total. The molecule has 0 aromatic carbocycles. The molecule has 0 bridgehead atoms. The topological polar surface area (TPSA) is 66.8 Å². The van der Waals surface area contributed by atoms with Crippen molar-refractivity contribution in [1.82, 2.24) is 0 Å². The Labute approximate surface area is 112 Å². The Morgan fingerprint density at radius 1 is 1.37 bits per heavy atom. The average Bonchev–Trinajstić information content (AvgIpc) is 2.72. The molecule has 1 saturated heterocycles. The number of hydrogen-bond acceptors (Lipinski definition) is 4. The largest absolute Gasteiger partial charge is 0.461 e. The summed E-state index contributed by atoms with van der Waals surface area (Å²) in [4.78, 5) is 11.8. The molecule has 19 heavy (non-hydrogen) atoms. The van der Waals surface area contributed by atoms with E-state index in [0.717, 1.165) is 11.1 Å². The molecule has 2 aliphatic carbocycles. The van der Waals surface area contributed by atoms with E-state index in [-0.39, 0.29) is 35.7 Å². The summed E-state index contributed by atoms with van der Waals surface area (Å²) >= 11 is 0. The number of aliphatic hydroxyl groups is 2. The molecule has 7 atom stereocenters. The molecule has 1 aliphatic heterocycles. The molecule has 2 fully saturated rings. The number of aliphatic hydroxyl groups excluding tert-OH is 2. The summed E-state index contributed by atoms with van der Waals surface area (Å²) in [6.07, 6.45) is 0.714. The van der Waals surface area contributed by atoms with Gasteiger partial charge in [0.25, 0.3) is 0 Å². The van der Waals surface area contributed by atoms with Gasteiger partial charge < -0.3 is 14.9 Å². The quantitative estimate of drug-likeness (QED) is 0.507. The first-order chi connectivity index (χ1) is 8.91. The highest BCUT2D eigenvalue weighted by Gasteiger charge is 2.55. The van der Waals surface area contributed by atoms with Gasteiger partial charge in [-0.15, -0.1) is 0 Å². The predicted molar refractivity (Wildman–Crippen MR) is 69.0 cm³/mol. The van der Waals surface area contributed by atoms with Gasteiger partial charge in [0, 0.05) is 17.8 Å². The molecular formula is C15H20O4. The highest BCUT2D eigenvalue weighted by molar-refractivity contribution is 5.75. The molecule has 0 aromatic rings. The van der Waals surface area contributed by atoms with Crippen molar-refractivity contribution in [3.05, 3.63) is 23.8 Å². The molecule has 104 valence electrons. The Balaban J connectivity index is 2.04. The first-order valence-corrected chi connectivity index (χ1v) is 6.84. The van der Waals surface area contributed by atoms with Crippen LogP contribution < -0.4 is 0 Å². The van der Waals surface area contributed by atoms with Crippen LogP contribution in [0, 0.1) is 23.7 Å². The number of carbonyl (C=O) groups is 1. The van der Waals surface area contributed by atoms with Crippen LogP contribution in [0.2, 0.25) is 0 Å². The van der Waals surface area contributed by atoms with Gasteiger partial charge in [-0.3, -0.25) is 4.79 Å². The number of esters is 1. The maximum atomic E-state index is 11.8. The molecule has 1 saturated carbocycles. The third-order valence-corrected chi connectivity index (χ3v) is 5.04. The molecule has 0 amide bonds. The lowest BCUT2D eigenvalue weighted by molar-refractivity contribution is -0.145. The minimum absolute atomic E-state index is 0.0430. The van der Waals surface area contributed by atoms with Crippen LogP contribution in [0.25, 0.3) is 0 Å². The Morgan fingerprint density at radius 2 is 2.05 bits per heavy atom. The molecular weight excluding hydrogens is 244 g/mol. The van der Waals surface area contributed by atoms with Crippen LogP contribution in [0.3, 0.4) is 0 Å². The number of ether oxygens (including phenoxy) is 1. The van der Waals surface area contributed by atoms with E-state index in [4.69, 9.17) is 4.74 Å². The second-order valence-corrected chi connectivity index (χ2v) is 6.15. The summed E-state index contributed by atoms with van der Waals surface area (Å²) < 4.78 is 5.52. The molecule has 0 aromatic heterocycles. The third-order valence-electron chi connectivity index (χ3n) is 5.04. The van der Waals surface area contributed by atoms with Crippen molar-refractivity contribution in [2.75, 3.05) is 0 Å². The van der Waals surface area contributed by atoms with E-state index in [1.54, 1.807) is 0 Å². The van der Waals surface area contributed by atoms with Crippen molar-refractivity contribution in [3.63, 3.8) is 0 Å². The second kappa shape index (κ2) is 4.18. The fraction of sp³-hybridized carbons (Fsp3) is 0.667. The summed E-state index contributed by atoms with van der Waals surface area (Å²) in [6, 6.07) is 0. The first-order valence-electron chi connectivity index (χ1n) is 6.84. The zero-order chi connectivity index (χ0) is 13.9. The fourth-order valence-corrected chi connectivity index (χ4v) is 4.11. The van der Waals surface area contributed by atoms with Gasteiger partial charge in [0.1, 0.15) is 6.10 Å². The lowest BCUT2D eigenvalue weighted by Crippen LogP contribution is -2.36. The molecule has 1 heterocycles. The van der Waals surface area contributed by atoms with Crippen LogP contribution in [0.1, 0.15) is 20.3 Å². The SMILES string of the molecule is C=C1C[C@H](O)[C@@H]2[C@H](OC(=O)[C@H]2C)[C@H]2C(C)=C[C@H](O)[C@@H]12. The monoisotopic (exact) mass is 264 g/mol. The second-order valence-electron chi connectivity index (χ2n) is 6.15. The van der Waals surface area contributed by atoms with E-state index in [9.17, 15) is 15.0 Å². The predicted octanol–water partition coefficient (Wildman–Crippen LogP) is 1.04. The Kier molecular flexibility index (Phi) is 2.84. The van der Waals surface area contributed by atoms with E-state index in [1.165, 1.54) is 0 Å². The molecule has 2 N–H and O–H groups in total. The molecule has 3 aliphatic rings. The van der Waals surface area contributed by atoms with E-state index >= 15 is 0 Å². The van der Waals surface area contributed by atoms with E-state index in [1.807, 2.05) is 19.9 Å². The van der Waals surface area contributed by atoms with E-state index in [2.05, 4.69) is 6.58 Å². The van der Waals surface area contributed by atoms with Crippen LogP contribution >= 0.6 is 0 Å².